The Hall–Kier alpha value is -2.58. The summed E-state index contributed by atoms with van der Waals surface area (Å²) < 4.78 is 7.36. The number of rotatable bonds is 3. The molecule has 1 N–H and O–H groups in total. The van der Waals surface area contributed by atoms with Crippen LogP contribution in [0.1, 0.15) is 29.0 Å². The number of nitrogens with zero attached hydrogens (tertiary/aromatic N) is 5. The van der Waals surface area contributed by atoms with Crippen LogP contribution in [0.3, 0.4) is 0 Å². The van der Waals surface area contributed by atoms with E-state index in [4.69, 9.17) is 4.74 Å². The Balaban J connectivity index is 1.54. The van der Waals surface area contributed by atoms with E-state index in [1.807, 2.05) is 32.2 Å². The molecule has 4 rings (SSSR count). The maximum Gasteiger partial charge on any atom is 0.258 e. The number of ether oxygens (including phenoxy) is 1. The fourth-order valence-electron chi connectivity index (χ4n) is 3.07. The van der Waals surface area contributed by atoms with Gasteiger partial charge in [0, 0.05) is 31.9 Å². The highest BCUT2D eigenvalue weighted by Crippen LogP contribution is 2.20. The quantitative estimate of drug-likeness (QED) is 0.765. The van der Waals surface area contributed by atoms with Gasteiger partial charge in [0.2, 0.25) is 0 Å². The van der Waals surface area contributed by atoms with Gasteiger partial charge in [0.15, 0.2) is 5.82 Å². The molecule has 1 atom stereocenters. The second-order valence-electron chi connectivity index (χ2n) is 6.39. The van der Waals surface area contributed by atoms with Gasteiger partial charge in [0.1, 0.15) is 17.6 Å². The number of aromatic amines is 1. The van der Waals surface area contributed by atoms with Crippen molar-refractivity contribution in [3.63, 3.8) is 0 Å². The number of H-pyrrole nitrogens is 1. The third-order valence-electron chi connectivity index (χ3n) is 4.30. The van der Waals surface area contributed by atoms with Crippen LogP contribution in [0.4, 0.5) is 0 Å². The summed E-state index contributed by atoms with van der Waals surface area (Å²) in [5.41, 5.74) is 2.41. The molecule has 3 aromatic rings. The van der Waals surface area contributed by atoms with E-state index in [0.717, 1.165) is 23.6 Å². The number of pyridine rings is 1. The fraction of sp³-hybridized carbons (Fsp3) is 0.412. The van der Waals surface area contributed by atoms with Crippen LogP contribution in [0.2, 0.25) is 0 Å². The highest BCUT2D eigenvalue weighted by Gasteiger charge is 2.25. The van der Waals surface area contributed by atoms with Crippen LogP contribution in [-0.4, -0.2) is 49.2 Å². The second-order valence-corrected chi connectivity index (χ2v) is 6.39. The third-order valence-corrected chi connectivity index (χ3v) is 4.30. The first-order valence-corrected chi connectivity index (χ1v) is 8.30. The Morgan fingerprint density at radius 3 is 3.00 bits per heavy atom. The summed E-state index contributed by atoms with van der Waals surface area (Å²) in [5.74, 6) is 1.44. The molecule has 0 aliphatic carbocycles. The van der Waals surface area contributed by atoms with Crippen molar-refractivity contribution in [2.45, 2.75) is 26.5 Å². The summed E-state index contributed by atoms with van der Waals surface area (Å²) in [4.78, 5) is 23.5. The predicted octanol–water partition coefficient (Wildman–Crippen LogP) is 1.00. The van der Waals surface area contributed by atoms with Crippen molar-refractivity contribution in [3.05, 3.63) is 57.7 Å². The van der Waals surface area contributed by atoms with Gasteiger partial charge in [-0.3, -0.25) is 19.2 Å². The lowest BCUT2D eigenvalue weighted by molar-refractivity contribution is -0.0374. The molecule has 8 nitrogen and oxygen atoms in total. The normalized spacial score (nSPS) is 18.7. The molecule has 130 valence electrons. The number of morpholine rings is 1. The zero-order chi connectivity index (χ0) is 17.4. The van der Waals surface area contributed by atoms with Gasteiger partial charge in [-0.25, -0.2) is 9.97 Å². The van der Waals surface area contributed by atoms with Gasteiger partial charge in [-0.05, 0) is 25.5 Å². The Bertz CT molecular complexity index is 963. The molecule has 25 heavy (non-hydrogen) atoms. The second kappa shape index (κ2) is 6.38. The molecule has 1 aliphatic rings. The lowest BCUT2D eigenvalue weighted by Crippen LogP contribution is -2.38. The minimum Gasteiger partial charge on any atom is -0.367 e. The van der Waals surface area contributed by atoms with Crippen LogP contribution in [0, 0.1) is 13.8 Å². The van der Waals surface area contributed by atoms with Crippen LogP contribution in [0.5, 0.6) is 0 Å². The zero-order valence-electron chi connectivity index (χ0n) is 14.3. The molecule has 3 aromatic heterocycles. The van der Waals surface area contributed by atoms with E-state index in [-0.39, 0.29) is 11.7 Å². The topological polar surface area (TPSA) is 88.4 Å². The first-order valence-electron chi connectivity index (χ1n) is 8.30. The lowest BCUT2D eigenvalue weighted by Gasteiger charge is -2.31. The maximum atomic E-state index is 12.3. The first kappa shape index (κ1) is 15.9. The molecule has 1 fully saturated rings. The van der Waals surface area contributed by atoms with Crippen molar-refractivity contribution in [1.29, 1.82) is 0 Å². The highest BCUT2D eigenvalue weighted by molar-refractivity contribution is 5.39. The molecule has 0 aromatic carbocycles. The van der Waals surface area contributed by atoms with Crippen LogP contribution in [0.25, 0.3) is 5.65 Å². The fourth-order valence-corrected chi connectivity index (χ4v) is 3.07. The Labute approximate surface area is 144 Å². The molecule has 0 spiro atoms. The summed E-state index contributed by atoms with van der Waals surface area (Å²) in [7, 11) is 0. The minimum atomic E-state index is -0.164. The van der Waals surface area contributed by atoms with Gasteiger partial charge in [-0.1, -0.05) is 6.07 Å². The van der Waals surface area contributed by atoms with E-state index in [9.17, 15) is 4.79 Å². The van der Waals surface area contributed by atoms with Crippen LogP contribution in [-0.2, 0) is 11.3 Å². The Kier molecular flexibility index (Phi) is 4.06. The van der Waals surface area contributed by atoms with Crippen molar-refractivity contribution < 1.29 is 4.74 Å². The number of aryl methyl sites for hydroxylation is 2. The SMILES string of the molecule is Cc1ccc2nc(CN3CCO[C@@H](c4n[nH]c(C)n4)C3)cc(=O)n2c1. The molecule has 1 saturated heterocycles. The third kappa shape index (κ3) is 3.31. The smallest absolute Gasteiger partial charge is 0.258 e. The van der Waals surface area contributed by atoms with Gasteiger partial charge in [0.25, 0.3) is 5.56 Å². The molecule has 0 radical (unpaired) electrons. The molecule has 0 bridgehead atoms. The summed E-state index contributed by atoms with van der Waals surface area (Å²) in [5, 5.41) is 7.03. The highest BCUT2D eigenvalue weighted by atomic mass is 16.5. The van der Waals surface area contributed by atoms with E-state index in [2.05, 4.69) is 25.1 Å². The molecular weight excluding hydrogens is 320 g/mol. The molecule has 1 aliphatic heterocycles. The van der Waals surface area contributed by atoms with Crippen molar-refractivity contribution in [3.8, 4) is 0 Å². The van der Waals surface area contributed by atoms with Gasteiger partial charge < -0.3 is 4.74 Å². The van der Waals surface area contributed by atoms with Gasteiger partial charge in [-0.2, -0.15) is 5.10 Å². The van der Waals surface area contributed by atoms with Crippen LogP contribution in [0.15, 0.2) is 29.2 Å². The lowest BCUT2D eigenvalue weighted by atomic mass is 10.2. The number of hydrogen-bond donors (Lipinski definition) is 1. The van der Waals surface area contributed by atoms with Crippen molar-refractivity contribution in [1.82, 2.24) is 29.5 Å². The van der Waals surface area contributed by atoms with Crippen LogP contribution >= 0.6 is 0 Å². The van der Waals surface area contributed by atoms with Crippen molar-refractivity contribution >= 4 is 5.65 Å². The molecule has 0 amide bonds. The van der Waals surface area contributed by atoms with Gasteiger partial charge in [0.05, 0.1) is 12.3 Å². The summed E-state index contributed by atoms with van der Waals surface area (Å²) in [6.45, 7) is 6.48. The monoisotopic (exact) mass is 340 g/mol. The van der Waals surface area contributed by atoms with Gasteiger partial charge >= 0.3 is 0 Å². The first-order chi connectivity index (χ1) is 12.1. The Morgan fingerprint density at radius 2 is 2.20 bits per heavy atom. The van der Waals surface area contributed by atoms with E-state index in [1.165, 1.54) is 0 Å². The zero-order valence-corrected chi connectivity index (χ0v) is 14.3. The molecule has 0 unspecified atom stereocenters. The average molecular weight is 340 g/mol. The van der Waals surface area contributed by atoms with Crippen LogP contribution < -0.4 is 5.56 Å². The number of fused-ring (bicyclic) bond motifs is 1. The number of hydrogen-bond acceptors (Lipinski definition) is 6. The predicted molar refractivity (Wildman–Crippen MR) is 91.3 cm³/mol. The minimum absolute atomic E-state index is 0.0573. The maximum absolute atomic E-state index is 12.3. The molecular formula is C17H20N6O2. The summed E-state index contributed by atoms with van der Waals surface area (Å²) in [6, 6.07) is 5.44. The standard InChI is InChI=1S/C17H20N6O2/c1-11-3-4-15-19-13(7-16(24)23(15)8-11)9-22-5-6-25-14(10-22)17-18-12(2)20-21-17/h3-4,7-8,14H,5-6,9-10H2,1-2H3,(H,18,20,21)/t14-/m1/s1. The van der Waals surface area contributed by atoms with E-state index < -0.39 is 0 Å². The van der Waals surface area contributed by atoms with E-state index in [1.54, 1.807) is 10.5 Å². The molecule has 4 heterocycles. The summed E-state index contributed by atoms with van der Waals surface area (Å²) >= 11 is 0. The van der Waals surface area contributed by atoms with Crippen molar-refractivity contribution in [2.24, 2.45) is 0 Å². The average Bonchev–Trinajstić information content (AvgIpc) is 3.02. The van der Waals surface area contributed by atoms with Gasteiger partial charge in [-0.15, -0.1) is 0 Å². The van der Waals surface area contributed by atoms with E-state index >= 15 is 0 Å². The van der Waals surface area contributed by atoms with E-state index in [0.29, 0.717) is 31.2 Å². The largest absolute Gasteiger partial charge is 0.367 e. The number of aromatic nitrogens is 5. The molecule has 0 saturated carbocycles. The number of nitrogens with one attached hydrogen (secondary N) is 1. The van der Waals surface area contributed by atoms with Crippen molar-refractivity contribution in [2.75, 3.05) is 19.7 Å². The molecule has 8 heteroatoms. The summed E-state index contributed by atoms with van der Waals surface area (Å²) in [6.07, 6.45) is 1.65. The Morgan fingerprint density at radius 1 is 1.32 bits per heavy atom.